The SMILES string of the molecule is CCOC(=O)COc1c(CCC2CC2)cccc1C(C)C. The van der Waals surface area contributed by atoms with Crippen LogP contribution in [0.1, 0.15) is 57.1 Å². The number of carbonyl (C=O) groups excluding carboxylic acids is 1. The van der Waals surface area contributed by atoms with Crippen LogP contribution in [0.15, 0.2) is 18.2 Å². The first-order valence-electron chi connectivity index (χ1n) is 8.02. The Morgan fingerprint density at radius 3 is 2.71 bits per heavy atom. The lowest BCUT2D eigenvalue weighted by atomic mass is 9.96. The summed E-state index contributed by atoms with van der Waals surface area (Å²) in [6.07, 6.45) is 4.98. The second kappa shape index (κ2) is 7.48. The lowest BCUT2D eigenvalue weighted by Crippen LogP contribution is -2.16. The molecule has 2 rings (SSSR count). The number of rotatable bonds is 8. The standard InChI is InChI=1S/C18H26O3/c1-4-20-17(19)12-21-18-15(11-10-14-8-9-14)6-5-7-16(18)13(2)3/h5-7,13-14H,4,8-12H2,1-3H3. The van der Waals surface area contributed by atoms with Gasteiger partial charge in [-0.2, -0.15) is 0 Å². The third-order valence-electron chi connectivity index (χ3n) is 3.91. The van der Waals surface area contributed by atoms with E-state index in [4.69, 9.17) is 9.47 Å². The van der Waals surface area contributed by atoms with Crippen LogP contribution >= 0.6 is 0 Å². The van der Waals surface area contributed by atoms with Gasteiger partial charge in [-0.1, -0.05) is 44.9 Å². The van der Waals surface area contributed by atoms with Gasteiger partial charge in [0, 0.05) is 0 Å². The van der Waals surface area contributed by atoms with Gasteiger partial charge in [0.25, 0.3) is 0 Å². The third kappa shape index (κ3) is 4.76. The molecule has 3 nitrogen and oxygen atoms in total. The number of benzene rings is 1. The van der Waals surface area contributed by atoms with E-state index in [1.165, 1.54) is 30.4 Å². The second-order valence-corrected chi connectivity index (χ2v) is 6.07. The highest BCUT2D eigenvalue weighted by atomic mass is 16.6. The highest BCUT2D eigenvalue weighted by Gasteiger charge is 2.22. The molecule has 0 atom stereocenters. The molecule has 0 saturated heterocycles. The molecule has 0 aliphatic heterocycles. The van der Waals surface area contributed by atoms with E-state index >= 15 is 0 Å². The van der Waals surface area contributed by atoms with Crippen LogP contribution in [-0.4, -0.2) is 19.2 Å². The molecule has 0 spiro atoms. The molecule has 0 unspecified atom stereocenters. The summed E-state index contributed by atoms with van der Waals surface area (Å²) in [6, 6.07) is 6.30. The predicted molar refractivity (Wildman–Crippen MR) is 83.7 cm³/mol. The van der Waals surface area contributed by atoms with Gasteiger partial charge >= 0.3 is 5.97 Å². The monoisotopic (exact) mass is 290 g/mol. The number of esters is 1. The number of hydrogen-bond acceptors (Lipinski definition) is 3. The Hall–Kier alpha value is -1.51. The fourth-order valence-electron chi connectivity index (χ4n) is 2.53. The van der Waals surface area contributed by atoms with Crippen molar-refractivity contribution in [1.82, 2.24) is 0 Å². The zero-order valence-electron chi connectivity index (χ0n) is 13.4. The molecule has 1 saturated carbocycles. The van der Waals surface area contributed by atoms with Crippen molar-refractivity contribution < 1.29 is 14.3 Å². The van der Waals surface area contributed by atoms with Crippen molar-refractivity contribution in [2.75, 3.05) is 13.2 Å². The average Bonchev–Trinajstić information content (AvgIpc) is 3.27. The zero-order valence-corrected chi connectivity index (χ0v) is 13.4. The van der Waals surface area contributed by atoms with Crippen molar-refractivity contribution in [2.24, 2.45) is 5.92 Å². The van der Waals surface area contributed by atoms with E-state index in [-0.39, 0.29) is 12.6 Å². The average molecular weight is 290 g/mol. The first-order valence-corrected chi connectivity index (χ1v) is 8.02. The first-order chi connectivity index (χ1) is 10.1. The lowest BCUT2D eigenvalue weighted by Gasteiger charge is -2.17. The van der Waals surface area contributed by atoms with Crippen molar-refractivity contribution >= 4 is 5.97 Å². The van der Waals surface area contributed by atoms with Crippen LogP contribution in [0.25, 0.3) is 0 Å². The Morgan fingerprint density at radius 1 is 1.33 bits per heavy atom. The Balaban J connectivity index is 2.10. The Morgan fingerprint density at radius 2 is 2.10 bits per heavy atom. The molecule has 1 aliphatic carbocycles. The van der Waals surface area contributed by atoms with Crippen LogP contribution in [0.3, 0.4) is 0 Å². The molecule has 0 N–H and O–H groups in total. The quantitative estimate of drug-likeness (QED) is 0.676. The summed E-state index contributed by atoms with van der Waals surface area (Å²) in [5.74, 6) is 1.86. The maximum absolute atomic E-state index is 11.5. The fraction of sp³-hybridized carbons (Fsp3) is 0.611. The van der Waals surface area contributed by atoms with Crippen LogP contribution in [-0.2, 0) is 16.0 Å². The van der Waals surface area contributed by atoms with E-state index in [1.807, 2.05) is 0 Å². The highest BCUT2D eigenvalue weighted by molar-refractivity contribution is 5.71. The molecular weight excluding hydrogens is 264 g/mol. The number of ether oxygens (including phenoxy) is 2. The molecule has 1 aliphatic rings. The largest absolute Gasteiger partial charge is 0.481 e. The van der Waals surface area contributed by atoms with Gasteiger partial charge in [-0.25, -0.2) is 4.79 Å². The van der Waals surface area contributed by atoms with E-state index in [0.717, 1.165) is 18.1 Å². The van der Waals surface area contributed by atoms with E-state index in [9.17, 15) is 4.79 Å². The van der Waals surface area contributed by atoms with Gasteiger partial charge in [-0.05, 0) is 42.7 Å². The van der Waals surface area contributed by atoms with Crippen LogP contribution < -0.4 is 4.74 Å². The second-order valence-electron chi connectivity index (χ2n) is 6.07. The van der Waals surface area contributed by atoms with E-state index in [1.54, 1.807) is 6.92 Å². The Bertz CT molecular complexity index is 475. The summed E-state index contributed by atoms with van der Waals surface area (Å²) >= 11 is 0. The maximum atomic E-state index is 11.5. The summed E-state index contributed by atoms with van der Waals surface area (Å²) in [5, 5.41) is 0. The fourth-order valence-corrected chi connectivity index (χ4v) is 2.53. The van der Waals surface area contributed by atoms with E-state index in [0.29, 0.717) is 12.5 Å². The number of para-hydroxylation sites is 1. The van der Waals surface area contributed by atoms with Gasteiger partial charge in [0.05, 0.1) is 6.61 Å². The van der Waals surface area contributed by atoms with Crippen molar-refractivity contribution in [3.63, 3.8) is 0 Å². The molecule has 1 fully saturated rings. The van der Waals surface area contributed by atoms with Gasteiger partial charge < -0.3 is 9.47 Å². The van der Waals surface area contributed by atoms with Gasteiger partial charge in [-0.15, -0.1) is 0 Å². The molecule has 116 valence electrons. The molecule has 1 aromatic rings. The Labute approximate surface area is 127 Å². The van der Waals surface area contributed by atoms with Crippen LogP contribution in [0, 0.1) is 5.92 Å². The van der Waals surface area contributed by atoms with E-state index in [2.05, 4.69) is 32.0 Å². The van der Waals surface area contributed by atoms with Crippen LogP contribution in [0.5, 0.6) is 5.75 Å². The minimum Gasteiger partial charge on any atom is -0.481 e. The maximum Gasteiger partial charge on any atom is 0.344 e. The molecular formula is C18H26O3. The van der Waals surface area contributed by atoms with E-state index < -0.39 is 0 Å². The predicted octanol–water partition coefficient (Wildman–Crippen LogP) is 4.09. The first kappa shape index (κ1) is 15.9. The van der Waals surface area contributed by atoms with Crippen molar-refractivity contribution in [2.45, 2.75) is 52.4 Å². The summed E-state index contributed by atoms with van der Waals surface area (Å²) in [5.41, 5.74) is 2.39. The zero-order chi connectivity index (χ0) is 15.2. The van der Waals surface area contributed by atoms with Crippen molar-refractivity contribution in [3.05, 3.63) is 29.3 Å². The normalized spacial score (nSPS) is 14.3. The summed E-state index contributed by atoms with van der Waals surface area (Å²) < 4.78 is 10.8. The molecule has 21 heavy (non-hydrogen) atoms. The molecule has 0 heterocycles. The van der Waals surface area contributed by atoms with Crippen molar-refractivity contribution in [3.8, 4) is 5.75 Å². The molecule has 0 amide bonds. The summed E-state index contributed by atoms with van der Waals surface area (Å²) in [6.45, 7) is 6.49. The van der Waals surface area contributed by atoms with Gasteiger partial charge in [0.1, 0.15) is 5.75 Å². The third-order valence-corrected chi connectivity index (χ3v) is 3.91. The molecule has 3 heteroatoms. The smallest absolute Gasteiger partial charge is 0.344 e. The van der Waals surface area contributed by atoms with Gasteiger partial charge in [-0.3, -0.25) is 0 Å². The number of carbonyl (C=O) groups is 1. The lowest BCUT2D eigenvalue weighted by molar-refractivity contribution is -0.145. The Kier molecular flexibility index (Phi) is 5.66. The van der Waals surface area contributed by atoms with Gasteiger partial charge in [0.15, 0.2) is 6.61 Å². The van der Waals surface area contributed by atoms with Crippen molar-refractivity contribution in [1.29, 1.82) is 0 Å². The molecule has 1 aromatic carbocycles. The molecule has 0 aromatic heterocycles. The van der Waals surface area contributed by atoms with Crippen LogP contribution in [0.4, 0.5) is 0 Å². The molecule has 0 radical (unpaired) electrons. The number of aryl methyl sites for hydroxylation is 1. The van der Waals surface area contributed by atoms with Gasteiger partial charge in [0.2, 0.25) is 0 Å². The minimum atomic E-state index is -0.302. The topological polar surface area (TPSA) is 35.5 Å². The summed E-state index contributed by atoms with van der Waals surface area (Å²) in [4.78, 5) is 11.5. The van der Waals surface area contributed by atoms with Crippen LogP contribution in [0.2, 0.25) is 0 Å². The minimum absolute atomic E-state index is 0.00595. The number of hydrogen-bond donors (Lipinski definition) is 0. The molecule has 0 bridgehead atoms. The highest BCUT2D eigenvalue weighted by Crippen LogP contribution is 2.36. The summed E-state index contributed by atoms with van der Waals surface area (Å²) in [7, 11) is 0.